The van der Waals surface area contributed by atoms with Crippen LogP contribution in [-0.2, 0) is 21.7 Å². The molecule has 6 rings (SSSR count). The summed E-state index contributed by atoms with van der Waals surface area (Å²) in [6.45, 7) is 32.9. The predicted octanol–water partition coefficient (Wildman–Crippen LogP) is 12.8. The molecule has 2 atom stereocenters. The molecule has 2 aliphatic rings. The predicted molar refractivity (Wildman–Crippen MR) is 196 cm³/mol. The molecule has 0 bridgehead atoms. The van der Waals surface area contributed by atoms with Crippen LogP contribution in [0.3, 0.4) is 0 Å². The smallest absolute Gasteiger partial charge is 0.0111 e. The Kier molecular flexibility index (Phi) is 7.21. The first kappa shape index (κ1) is 31.8. The van der Waals surface area contributed by atoms with Crippen LogP contribution in [0.2, 0.25) is 0 Å². The van der Waals surface area contributed by atoms with Crippen LogP contribution < -0.4 is 0 Å². The summed E-state index contributed by atoms with van der Waals surface area (Å²) in [6, 6.07) is 24.8. The maximum Gasteiger partial charge on any atom is 0.0111 e. The molecule has 0 nitrogen and oxygen atoms in total. The van der Waals surface area contributed by atoms with Crippen molar-refractivity contribution < 1.29 is 0 Å². The zero-order valence-corrected chi connectivity index (χ0v) is 30.6. The van der Waals surface area contributed by atoms with Gasteiger partial charge in [-0.2, -0.15) is 0 Å². The molecular weight excluding hydrogens is 540 g/mol. The lowest BCUT2D eigenvalue weighted by atomic mass is 9.77. The van der Waals surface area contributed by atoms with Gasteiger partial charge in [0.1, 0.15) is 0 Å². The lowest BCUT2D eigenvalue weighted by Gasteiger charge is -2.27. The van der Waals surface area contributed by atoms with Crippen molar-refractivity contribution in [1.29, 1.82) is 0 Å². The first-order chi connectivity index (χ1) is 20.7. The van der Waals surface area contributed by atoms with Crippen molar-refractivity contribution in [2.75, 3.05) is 0 Å². The molecule has 0 amide bonds. The van der Waals surface area contributed by atoms with Crippen LogP contribution in [0.25, 0.3) is 22.3 Å². The molecule has 236 valence electrons. The fourth-order valence-corrected chi connectivity index (χ4v) is 7.95. The third-order valence-electron chi connectivity index (χ3n) is 10.8. The van der Waals surface area contributed by atoms with E-state index >= 15 is 0 Å². The molecule has 0 heteroatoms. The van der Waals surface area contributed by atoms with Crippen LogP contribution in [0, 0.1) is 13.8 Å². The van der Waals surface area contributed by atoms with Gasteiger partial charge in [0.25, 0.3) is 0 Å². The summed E-state index contributed by atoms with van der Waals surface area (Å²) in [5.74, 6) is 0.693. The minimum atomic E-state index is 0.0998. The van der Waals surface area contributed by atoms with E-state index < -0.39 is 0 Å². The molecule has 0 N–H and O–H groups in total. The topological polar surface area (TPSA) is 0 Å². The highest BCUT2D eigenvalue weighted by atomic mass is 14.4. The minimum absolute atomic E-state index is 0.0998. The normalized spacial score (nSPS) is 17.6. The van der Waals surface area contributed by atoms with E-state index in [1.165, 1.54) is 77.9 Å². The summed E-state index contributed by atoms with van der Waals surface area (Å²) in [5, 5.41) is 0. The van der Waals surface area contributed by atoms with Crippen LogP contribution in [0.5, 0.6) is 0 Å². The summed E-state index contributed by atoms with van der Waals surface area (Å²) in [6.07, 6.45) is 1.08. The number of aryl methyl sites for hydroxylation is 2. The number of fused-ring (bicyclic) bond motifs is 6. The second-order valence-corrected chi connectivity index (χ2v) is 18.5. The molecule has 2 aliphatic carbocycles. The Bertz CT molecular complexity index is 1680. The summed E-state index contributed by atoms with van der Waals surface area (Å²) in [5.41, 5.74) is 21.0. The average Bonchev–Trinajstić information content (AvgIpc) is 3.39. The lowest BCUT2D eigenvalue weighted by molar-refractivity contribution is 0.580. The molecule has 0 spiro atoms. The first-order valence-corrected chi connectivity index (χ1v) is 17.3. The van der Waals surface area contributed by atoms with Crippen LogP contribution in [0.4, 0.5) is 0 Å². The maximum absolute atomic E-state index is 2.57. The Morgan fingerprint density at radius 1 is 0.400 bits per heavy atom. The van der Waals surface area contributed by atoms with Crippen LogP contribution in [0.15, 0.2) is 60.7 Å². The van der Waals surface area contributed by atoms with Gasteiger partial charge in [-0.3, -0.25) is 0 Å². The zero-order chi connectivity index (χ0) is 33.0. The molecule has 2 unspecified atom stereocenters. The van der Waals surface area contributed by atoms with Crippen molar-refractivity contribution in [1.82, 2.24) is 0 Å². The fourth-order valence-electron chi connectivity index (χ4n) is 7.95. The summed E-state index contributed by atoms with van der Waals surface area (Å²) < 4.78 is 0. The van der Waals surface area contributed by atoms with E-state index in [4.69, 9.17) is 0 Å². The quantitative estimate of drug-likeness (QED) is 0.216. The SMILES string of the molecule is Cc1cc(C(C)(C)C)cc2c1-c1ccc(C(C)(C)C)cc1C2CC1c2cc(C(C)(C)C)ccc2-c2c(C)cc(C(C)(C)C)cc21. The van der Waals surface area contributed by atoms with Gasteiger partial charge in [0.05, 0.1) is 0 Å². The molecule has 0 saturated heterocycles. The van der Waals surface area contributed by atoms with E-state index in [9.17, 15) is 0 Å². The molecule has 0 heterocycles. The first-order valence-electron chi connectivity index (χ1n) is 17.3. The Morgan fingerprint density at radius 3 is 1.02 bits per heavy atom. The minimum Gasteiger partial charge on any atom is -0.0579 e. The molecule has 4 aromatic carbocycles. The summed E-state index contributed by atoms with van der Waals surface area (Å²) >= 11 is 0. The molecule has 0 aromatic heterocycles. The van der Waals surface area contributed by atoms with E-state index in [-0.39, 0.29) is 21.7 Å². The zero-order valence-electron chi connectivity index (χ0n) is 30.6. The molecule has 0 fully saturated rings. The largest absolute Gasteiger partial charge is 0.0579 e. The Morgan fingerprint density at radius 2 is 0.711 bits per heavy atom. The van der Waals surface area contributed by atoms with Gasteiger partial charge in [0.2, 0.25) is 0 Å². The fraction of sp³-hybridized carbons (Fsp3) is 0.467. The molecule has 0 saturated carbocycles. The maximum atomic E-state index is 2.57. The highest BCUT2D eigenvalue weighted by Gasteiger charge is 2.39. The Labute approximate surface area is 274 Å². The second-order valence-electron chi connectivity index (χ2n) is 18.5. The van der Waals surface area contributed by atoms with Crippen molar-refractivity contribution in [2.45, 2.75) is 137 Å². The number of hydrogen-bond donors (Lipinski definition) is 0. The lowest BCUT2D eigenvalue weighted by Crippen LogP contribution is -2.15. The van der Waals surface area contributed by atoms with Crippen LogP contribution in [0.1, 0.15) is 157 Å². The Hall–Kier alpha value is -3.12. The second kappa shape index (κ2) is 10.2. The van der Waals surface area contributed by atoms with E-state index in [1.54, 1.807) is 0 Å². The van der Waals surface area contributed by atoms with Crippen molar-refractivity contribution in [2.24, 2.45) is 0 Å². The van der Waals surface area contributed by atoms with Gasteiger partial charge < -0.3 is 0 Å². The van der Waals surface area contributed by atoms with Crippen molar-refractivity contribution in [3.8, 4) is 22.3 Å². The molecule has 45 heavy (non-hydrogen) atoms. The Balaban J connectivity index is 1.61. The van der Waals surface area contributed by atoms with Gasteiger partial charge in [-0.25, -0.2) is 0 Å². The van der Waals surface area contributed by atoms with Crippen LogP contribution >= 0.6 is 0 Å². The monoisotopic (exact) mass is 596 g/mol. The van der Waals surface area contributed by atoms with Crippen molar-refractivity contribution >= 4 is 0 Å². The third kappa shape index (κ3) is 5.41. The van der Waals surface area contributed by atoms with Crippen molar-refractivity contribution in [3.63, 3.8) is 0 Å². The van der Waals surface area contributed by atoms with Gasteiger partial charge in [-0.1, -0.05) is 144 Å². The van der Waals surface area contributed by atoms with E-state index in [1.807, 2.05) is 0 Å². The molecular formula is C45H56. The highest BCUT2D eigenvalue weighted by Crippen LogP contribution is 2.57. The van der Waals surface area contributed by atoms with Gasteiger partial charge in [0.15, 0.2) is 0 Å². The molecule has 4 aromatic rings. The van der Waals surface area contributed by atoms with E-state index in [0.29, 0.717) is 11.8 Å². The van der Waals surface area contributed by atoms with Gasteiger partial charge >= 0.3 is 0 Å². The molecule has 0 aliphatic heterocycles. The number of benzene rings is 4. The van der Waals surface area contributed by atoms with E-state index in [0.717, 1.165) is 6.42 Å². The highest BCUT2D eigenvalue weighted by molar-refractivity contribution is 5.85. The third-order valence-corrected chi connectivity index (χ3v) is 10.8. The van der Waals surface area contributed by atoms with Crippen molar-refractivity contribution in [3.05, 3.63) is 116 Å². The summed E-state index contributed by atoms with van der Waals surface area (Å²) in [4.78, 5) is 0. The number of rotatable bonds is 2. The van der Waals surface area contributed by atoms with E-state index in [2.05, 4.69) is 158 Å². The van der Waals surface area contributed by atoms with Crippen LogP contribution in [-0.4, -0.2) is 0 Å². The van der Waals surface area contributed by atoms with Gasteiger partial charge in [0, 0.05) is 11.8 Å². The standard InChI is InChI=1S/C45H56/c1-26-19-30(44(9,10)11)23-38-36(34-21-28(42(3,4)5)15-17-32(34)40(26)38)25-37-35-22-29(43(6,7)8)16-18-33(35)41-27(2)20-31(24-39(37)41)45(12,13)14/h15-24,36-37H,25H2,1-14H3. The van der Waals surface area contributed by atoms with Gasteiger partial charge in [-0.05, 0) is 120 Å². The summed E-state index contributed by atoms with van der Waals surface area (Å²) in [7, 11) is 0. The van der Waals surface area contributed by atoms with Gasteiger partial charge in [-0.15, -0.1) is 0 Å². The average molecular weight is 597 g/mol. The molecule has 0 radical (unpaired) electrons. The number of hydrogen-bond acceptors (Lipinski definition) is 0.